The van der Waals surface area contributed by atoms with Crippen molar-refractivity contribution in [3.8, 4) is 5.75 Å². The highest BCUT2D eigenvalue weighted by Gasteiger charge is 2.05. The van der Waals surface area contributed by atoms with Crippen LogP contribution in [0.25, 0.3) is 0 Å². The Kier molecular flexibility index (Phi) is 4.40. The third kappa shape index (κ3) is 3.69. The second-order valence-corrected chi connectivity index (χ2v) is 4.79. The summed E-state index contributed by atoms with van der Waals surface area (Å²) in [6.07, 6.45) is 0. The Morgan fingerprint density at radius 2 is 2.05 bits per heavy atom. The Morgan fingerprint density at radius 1 is 1.26 bits per heavy atom. The van der Waals surface area contributed by atoms with E-state index in [-0.39, 0.29) is 18.5 Å². The molecule has 0 heterocycles. The van der Waals surface area contributed by atoms with Crippen LogP contribution in [0, 0.1) is 5.82 Å². The first-order valence-electron chi connectivity index (χ1n) is 5.98. The molecule has 0 aliphatic heterocycles. The van der Waals surface area contributed by atoms with Gasteiger partial charge in [0.2, 0.25) is 0 Å². The number of hydrogen-bond donors (Lipinski definition) is 1. The first kappa shape index (κ1) is 13.8. The smallest absolute Gasteiger partial charge is 0.123 e. The fourth-order valence-corrected chi connectivity index (χ4v) is 1.87. The quantitative estimate of drug-likeness (QED) is 0.915. The van der Waals surface area contributed by atoms with Crippen molar-refractivity contribution in [1.29, 1.82) is 0 Å². The van der Waals surface area contributed by atoms with Crippen LogP contribution in [-0.4, -0.2) is 0 Å². The summed E-state index contributed by atoms with van der Waals surface area (Å²) in [4.78, 5) is 0. The van der Waals surface area contributed by atoms with Gasteiger partial charge in [-0.05, 0) is 42.8 Å². The normalized spacial score (nSPS) is 12.2. The molecule has 0 saturated heterocycles. The maximum atomic E-state index is 13.1. The van der Waals surface area contributed by atoms with Crippen molar-refractivity contribution in [3.63, 3.8) is 0 Å². The second kappa shape index (κ2) is 6.04. The summed E-state index contributed by atoms with van der Waals surface area (Å²) >= 11 is 5.98. The van der Waals surface area contributed by atoms with E-state index in [2.05, 4.69) is 0 Å². The lowest BCUT2D eigenvalue weighted by atomic mass is 10.1. The molecule has 0 aliphatic rings. The molecule has 1 atom stereocenters. The van der Waals surface area contributed by atoms with E-state index in [9.17, 15) is 4.39 Å². The SMILES string of the molecule is C[C@@H](N)c1cccc(OCc2cc(F)ccc2Cl)c1. The Bertz CT molecular complexity index is 572. The van der Waals surface area contributed by atoms with Crippen LogP contribution in [0.1, 0.15) is 24.1 Å². The maximum absolute atomic E-state index is 13.1. The monoisotopic (exact) mass is 279 g/mol. The summed E-state index contributed by atoms with van der Waals surface area (Å²) in [5, 5.41) is 0.491. The van der Waals surface area contributed by atoms with E-state index in [1.54, 1.807) is 0 Å². The molecule has 0 aromatic heterocycles. The predicted octanol–water partition coefficient (Wildman–Crippen LogP) is 4.08. The van der Waals surface area contributed by atoms with Gasteiger partial charge < -0.3 is 10.5 Å². The molecule has 2 aromatic rings. The highest BCUT2D eigenvalue weighted by Crippen LogP contribution is 2.22. The molecule has 0 aliphatic carbocycles. The summed E-state index contributed by atoms with van der Waals surface area (Å²) in [5.74, 6) is 0.363. The van der Waals surface area contributed by atoms with Crippen LogP contribution in [0.15, 0.2) is 42.5 Å². The molecule has 0 spiro atoms. The van der Waals surface area contributed by atoms with Gasteiger partial charge in [0, 0.05) is 16.6 Å². The van der Waals surface area contributed by atoms with Gasteiger partial charge in [-0.25, -0.2) is 4.39 Å². The molecule has 0 amide bonds. The van der Waals surface area contributed by atoms with Crippen LogP contribution in [0.3, 0.4) is 0 Å². The molecule has 100 valence electrons. The Hall–Kier alpha value is -1.58. The van der Waals surface area contributed by atoms with Crippen LogP contribution >= 0.6 is 11.6 Å². The van der Waals surface area contributed by atoms with Crippen LogP contribution < -0.4 is 10.5 Å². The van der Waals surface area contributed by atoms with Crippen molar-refractivity contribution in [3.05, 3.63) is 64.4 Å². The fraction of sp³-hybridized carbons (Fsp3) is 0.200. The minimum absolute atomic E-state index is 0.0543. The molecule has 0 bridgehead atoms. The van der Waals surface area contributed by atoms with E-state index in [1.807, 2.05) is 31.2 Å². The zero-order chi connectivity index (χ0) is 13.8. The van der Waals surface area contributed by atoms with Gasteiger partial charge in [-0.2, -0.15) is 0 Å². The van der Waals surface area contributed by atoms with Crippen molar-refractivity contribution in [1.82, 2.24) is 0 Å². The van der Waals surface area contributed by atoms with Crippen molar-refractivity contribution in [2.45, 2.75) is 19.6 Å². The zero-order valence-electron chi connectivity index (χ0n) is 10.6. The van der Waals surface area contributed by atoms with Gasteiger partial charge in [0.25, 0.3) is 0 Å². The number of hydrogen-bond acceptors (Lipinski definition) is 2. The Morgan fingerprint density at radius 3 is 2.79 bits per heavy atom. The first-order valence-corrected chi connectivity index (χ1v) is 6.36. The highest BCUT2D eigenvalue weighted by molar-refractivity contribution is 6.31. The average Bonchev–Trinajstić information content (AvgIpc) is 2.40. The average molecular weight is 280 g/mol. The van der Waals surface area contributed by atoms with Gasteiger partial charge in [0.15, 0.2) is 0 Å². The lowest BCUT2D eigenvalue weighted by Crippen LogP contribution is -2.05. The molecule has 0 radical (unpaired) electrons. The summed E-state index contributed by atoms with van der Waals surface area (Å²) in [7, 11) is 0. The van der Waals surface area contributed by atoms with Gasteiger partial charge in [-0.15, -0.1) is 0 Å². The van der Waals surface area contributed by atoms with Gasteiger partial charge in [-0.1, -0.05) is 23.7 Å². The van der Waals surface area contributed by atoms with Crippen molar-refractivity contribution >= 4 is 11.6 Å². The lowest BCUT2D eigenvalue weighted by Gasteiger charge is -2.11. The lowest BCUT2D eigenvalue weighted by molar-refractivity contribution is 0.305. The summed E-state index contributed by atoms with van der Waals surface area (Å²) in [6.45, 7) is 2.13. The maximum Gasteiger partial charge on any atom is 0.123 e. The standard InChI is InChI=1S/C15H15ClFNO/c1-10(18)11-3-2-4-14(8-11)19-9-12-7-13(17)5-6-15(12)16/h2-8,10H,9,18H2,1H3/t10-/m1/s1. The number of halogens is 2. The van der Waals surface area contributed by atoms with Crippen molar-refractivity contribution < 1.29 is 9.13 Å². The second-order valence-electron chi connectivity index (χ2n) is 4.39. The minimum Gasteiger partial charge on any atom is -0.489 e. The van der Waals surface area contributed by atoms with Gasteiger partial charge >= 0.3 is 0 Å². The summed E-state index contributed by atoms with van der Waals surface area (Å²) in [5.41, 5.74) is 7.41. The largest absolute Gasteiger partial charge is 0.489 e. The topological polar surface area (TPSA) is 35.2 Å². The van der Waals surface area contributed by atoms with E-state index in [0.29, 0.717) is 16.3 Å². The van der Waals surface area contributed by atoms with E-state index < -0.39 is 0 Å². The zero-order valence-corrected chi connectivity index (χ0v) is 11.3. The van der Waals surface area contributed by atoms with Crippen LogP contribution in [0.2, 0.25) is 5.02 Å². The molecule has 0 unspecified atom stereocenters. The molecular weight excluding hydrogens is 265 g/mol. The van der Waals surface area contributed by atoms with Crippen molar-refractivity contribution in [2.24, 2.45) is 5.73 Å². The van der Waals surface area contributed by atoms with Crippen molar-refractivity contribution in [2.75, 3.05) is 0 Å². The molecule has 19 heavy (non-hydrogen) atoms. The molecular formula is C15H15ClFNO. The number of benzene rings is 2. The third-order valence-electron chi connectivity index (χ3n) is 2.79. The Balaban J connectivity index is 2.10. The van der Waals surface area contributed by atoms with E-state index in [0.717, 1.165) is 5.56 Å². The summed E-state index contributed by atoms with van der Waals surface area (Å²) in [6, 6.07) is 11.7. The molecule has 4 heteroatoms. The molecule has 0 fully saturated rings. The molecule has 2 rings (SSSR count). The fourth-order valence-electron chi connectivity index (χ4n) is 1.70. The molecule has 2 aromatic carbocycles. The summed E-state index contributed by atoms with van der Waals surface area (Å²) < 4.78 is 18.7. The third-order valence-corrected chi connectivity index (χ3v) is 3.15. The molecule has 0 saturated carbocycles. The number of rotatable bonds is 4. The van der Waals surface area contributed by atoms with Gasteiger partial charge in [-0.3, -0.25) is 0 Å². The molecule has 2 N–H and O–H groups in total. The highest BCUT2D eigenvalue weighted by atomic mass is 35.5. The number of ether oxygens (including phenoxy) is 1. The van der Waals surface area contributed by atoms with Gasteiger partial charge in [0.05, 0.1) is 0 Å². The number of nitrogens with two attached hydrogens (primary N) is 1. The molecule has 2 nitrogen and oxygen atoms in total. The van der Waals surface area contributed by atoms with E-state index >= 15 is 0 Å². The van der Waals surface area contributed by atoms with Crippen LogP contribution in [0.5, 0.6) is 5.75 Å². The van der Waals surface area contributed by atoms with Gasteiger partial charge in [0.1, 0.15) is 18.2 Å². The minimum atomic E-state index is -0.327. The van der Waals surface area contributed by atoms with Crippen LogP contribution in [-0.2, 0) is 6.61 Å². The first-order chi connectivity index (χ1) is 9.06. The Labute approximate surface area is 117 Å². The predicted molar refractivity (Wildman–Crippen MR) is 74.8 cm³/mol. The van der Waals surface area contributed by atoms with Crippen LogP contribution in [0.4, 0.5) is 4.39 Å². The van der Waals surface area contributed by atoms with E-state index in [4.69, 9.17) is 22.1 Å². The van der Waals surface area contributed by atoms with E-state index in [1.165, 1.54) is 18.2 Å².